The van der Waals surface area contributed by atoms with Crippen molar-refractivity contribution < 1.29 is 115 Å². The topological polar surface area (TPSA) is 143 Å². The normalized spacial score (nSPS) is 16.0. The number of unbranched alkanes of at least 4 members (excludes halogenated alkanes) is 24. The predicted octanol–water partition coefficient (Wildman–Crippen LogP) is 23.4. The molecule has 10 nitrogen and oxygen atoms in total. The van der Waals surface area contributed by atoms with Crippen molar-refractivity contribution in [1.82, 2.24) is 0 Å². The van der Waals surface area contributed by atoms with E-state index in [0.717, 1.165) is 47.9 Å². The molecule has 0 saturated heterocycles. The maximum atomic E-state index is 12.2. The molecule has 0 aromatic heterocycles. The quantitative estimate of drug-likeness (QED) is 0.0203. The molecule has 19 heteroatoms. The number of esters is 4. The Kier molecular flexibility index (Phi) is 78.8. The molecule has 0 bridgehead atoms. The number of carbonyl (C=O) groups excluding carboxylic acids is 4. The molecule has 3 aliphatic rings. The number of halogens is 3. The molecule has 555 valence electrons. The molecule has 0 aromatic rings. The Bertz CT molecular complexity index is 1660. The van der Waals surface area contributed by atoms with E-state index in [1.54, 1.807) is 20.8 Å². The van der Waals surface area contributed by atoms with Crippen molar-refractivity contribution in [1.29, 1.82) is 0 Å². The Balaban J connectivity index is -0.000000400. The average molecular weight is 2090 g/mol. The number of ether oxygens (including phenoxy) is 4. The van der Waals surface area contributed by atoms with Crippen LogP contribution in [0.3, 0.4) is 0 Å². The van der Waals surface area contributed by atoms with Crippen molar-refractivity contribution in [3.8, 4) is 0 Å². The Hall–Kier alpha value is 2.06. The Labute approximate surface area is 645 Å². The van der Waals surface area contributed by atoms with Gasteiger partial charge in [0.15, 0.2) is 0 Å². The van der Waals surface area contributed by atoms with E-state index in [1.807, 2.05) is 20.8 Å². The first kappa shape index (κ1) is 102. The summed E-state index contributed by atoms with van der Waals surface area (Å²) in [5.41, 5.74) is -0.528. The summed E-state index contributed by atoms with van der Waals surface area (Å²) in [6.45, 7) is 12.3. The van der Waals surface area contributed by atoms with E-state index in [4.69, 9.17) is 24.1 Å². The summed E-state index contributed by atoms with van der Waals surface area (Å²) in [4.78, 5) is 56.7. The zero-order valence-electron chi connectivity index (χ0n) is 56.4. The molecule has 0 spiro atoms. The van der Waals surface area contributed by atoms with Gasteiger partial charge in [0.2, 0.25) is 0 Å². The molecule has 3 fully saturated rings. The standard InChI is InChI=1S/C27H49BrO4S.C23H41BrO4S.C20H37BrO2S.2CH4.3Au/c1-22(21-24(28)26(30)32-27(2,3)4)25(29)31-19-15-10-8-6-5-7-9-11-16-20-33-23-17-13-12-14-18-23;1-19(18-21(24)22(25)26)23(27)28-16-12-7-5-3-2-4-6-8-13-17-29-20-14-10-9-11-15-20;1-18(21)20(22)23-16-12-7-5-3-2-4-6-8-13-17-24-19-14-10-9-11-15-19;;;;;/h22-24H,5-21H2,1-4H3;19-21H,2-18H2,1H3,(H,25,26);18-19H,2-17H2,1H3;2*1H4;;;. The first-order valence-corrected chi connectivity index (χ1v) is 41.0. The molecule has 5 unspecified atom stereocenters. The van der Waals surface area contributed by atoms with Crippen LogP contribution in [0.25, 0.3) is 0 Å². The molecule has 0 amide bonds. The summed E-state index contributed by atoms with van der Waals surface area (Å²) in [5, 5.41) is 11.7. The monoisotopic (exact) mass is 2080 g/mol. The van der Waals surface area contributed by atoms with Gasteiger partial charge in [-0.25, -0.2) is 0 Å². The fourth-order valence-corrected chi connectivity index (χ4v) is 16.5. The number of hydrogen-bond donors (Lipinski definition) is 1. The van der Waals surface area contributed by atoms with Gasteiger partial charge < -0.3 is 24.1 Å². The van der Waals surface area contributed by atoms with Crippen LogP contribution in [0.15, 0.2) is 0 Å². The van der Waals surface area contributed by atoms with Crippen LogP contribution in [0.4, 0.5) is 0 Å². The average Bonchev–Trinajstić information content (AvgIpc) is 3.51. The van der Waals surface area contributed by atoms with Crippen LogP contribution < -0.4 is 0 Å². The van der Waals surface area contributed by atoms with Gasteiger partial charge in [-0.05, 0) is 135 Å². The number of carbonyl (C=O) groups is 5. The number of thioether (sulfide) groups is 3. The van der Waals surface area contributed by atoms with Crippen molar-refractivity contribution in [3.63, 3.8) is 0 Å². The number of rotatable bonds is 48. The number of carboxylic acids is 1. The summed E-state index contributed by atoms with van der Waals surface area (Å²) in [5.74, 6) is 1.44. The van der Waals surface area contributed by atoms with Gasteiger partial charge in [-0.15, -0.1) is 0 Å². The molecule has 91 heavy (non-hydrogen) atoms. The van der Waals surface area contributed by atoms with Crippen LogP contribution in [-0.4, -0.2) is 108 Å². The fraction of sp³-hybridized carbons (Fsp3) is 0.931. The van der Waals surface area contributed by atoms with E-state index in [-0.39, 0.29) is 123 Å². The van der Waals surface area contributed by atoms with E-state index < -0.39 is 27.1 Å². The zero-order chi connectivity index (χ0) is 63.3. The second kappa shape index (κ2) is 70.5. The third-order valence-electron chi connectivity index (χ3n) is 16.5. The minimum Gasteiger partial charge on any atom is -0.480 e. The minimum atomic E-state index is -0.942. The van der Waals surface area contributed by atoms with E-state index in [9.17, 15) is 24.0 Å². The van der Waals surface area contributed by atoms with Crippen LogP contribution in [0.2, 0.25) is 0 Å². The maximum absolute atomic E-state index is 12.2. The second-order valence-corrected chi connectivity index (χ2v) is 33.9. The van der Waals surface area contributed by atoms with Gasteiger partial charge in [-0.1, -0.05) is 269 Å². The Morgan fingerprint density at radius 1 is 0.385 bits per heavy atom. The van der Waals surface area contributed by atoms with Crippen LogP contribution in [0, 0.1) is 11.8 Å². The smallest absolute Gasteiger partial charge is 0.320 e. The molecule has 1 N–H and O–H groups in total. The van der Waals surface area contributed by atoms with Crippen molar-refractivity contribution in [3.05, 3.63) is 0 Å². The van der Waals surface area contributed by atoms with Crippen LogP contribution in [0.1, 0.15) is 339 Å². The maximum Gasteiger partial charge on any atom is 0.320 e. The summed E-state index contributed by atoms with van der Waals surface area (Å²) in [7, 11) is 0. The SMILES string of the molecule is C.C.CC(Br)C(=O)OCCCCCCCCCCCSC1CCCCC1.CC(CC(Br)C(=O)O)C(=O)OCCCCCCCCCCCSC1CCCCC1.CC(CC(Br)C(=O)OC(C)(C)C)C(=O)OCCCCCCCCCCCSC1CCCCC1.[Au].[Au].[Au]. The summed E-state index contributed by atoms with van der Waals surface area (Å²) in [6, 6.07) is 0. The molecule has 0 aliphatic heterocycles. The molecule has 3 radical (unpaired) electrons. The second-order valence-electron chi connectivity index (χ2n) is 26.1. The van der Waals surface area contributed by atoms with E-state index in [1.165, 1.54) is 255 Å². The molecule has 3 aliphatic carbocycles. The van der Waals surface area contributed by atoms with Crippen LogP contribution in [0.5, 0.6) is 0 Å². The van der Waals surface area contributed by atoms with Gasteiger partial charge in [0.05, 0.1) is 31.7 Å². The summed E-state index contributed by atoms with van der Waals surface area (Å²) < 4.78 is 21.1. The predicted molar refractivity (Wildman–Crippen MR) is 394 cm³/mol. The van der Waals surface area contributed by atoms with Gasteiger partial charge in [0, 0.05) is 82.9 Å². The zero-order valence-corrected chi connectivity index (χ0v) is 70.1. The number of aliphatic carboxylic acids is 1. The van der Waals surface area contributed by atoms with Gasteiger partial charge in [-0.2, -0.15) is 35.3 Å². The molecule has 3 rings (SSSR count). The van der Waals surface area contributed by atoms with E-state index >= 15 is 0 Å². The summed E-state index contributed by atoms with van der Waals surface area (Å²) in [6.07, 6.45) is 56.9. The van der Waals surface area contributed by atoms with E-state index in [0.29, 0.717) is 26.2 Å². The number of alkyl halides is 3. The Morgan fingerprint density at radius 3 is 0.879 bits per heavy atom. The van der Waals surface area contributed by atoms with Crippen LogP contribution >= 0.6 is 83.1 Å². The largest absolute Gasteiger partial charge is 0.480 e. The minimum absolute atomic E-state index is 0. The molecule has 5 atom stereocenters. The Morgan fingerprint density at radius 2 is 0.626 bits per heavy atom. The molecule has 0 heterocycles. The molecule has 0 aromatic carbocycles. The van der Waals surface area contributed by atoms with Gasteiger partial charge in [0.25, 0.3) is 0 Å². The van der Waals surface area contributed by atoms with Crippen LogP contribution in [-0.2, 0) is 110 Å². The van der Waals surface area contributed by atoms with Gasteiger partial charge in [-0.3, -0.25) is 24.0 Å². The van der Waals surface area contributed by atoms with Crippen molar-refractivity contribution in [2.75, 3.05) is 37.1 Å². The third-order valence-corrected chi connectivity index (χ3v) is 22.8. The van der Waals surface area contributed by atoms with Gasteiger partial charge in [0.1, 0.15) is 20.1 Å². The van der Waals surface area contributed by atoms with Crippen molar-refractivity contribution >= 4 is 113 Å². The van der Waals surface area contributed by atoms with Gasteiger partial charge >= 0.3 is 29.8 Å². The van der Waals surface area contributed by atoms with E-state index in [2.05, 4.69) is 83.1 Å². The first-order chi connectivity index (χ1) is 41.4. The fourth-order valence-electron chi connectivity index (χ4n) is 11.1. The molecule has 3 saturated carbocycles. The molecular weight excluding hydrogens is 1950 g/mol. The first-order valence-electron chi connectivity index (χ1n) is 35.1. The van der Waals surface area contributed by atoms with Crippen molar-refractivity contribution in [2.24, 2.45) is 11.8 Å². The van der Waals surface area contributed by atoms with Crippen molar-refractivity contribution in [2.45, 2.75) is 375 Å². The molecular formula is C72H135Au3Br3O10S3. The number of hydrogen-bond acceptors (Lipinski definition) is 12. The third kappa shape index (κ3) is 65.1. The number of carboxylic acid groups (broad SMARTS) is 1. The summed E-state index contributed by atoms with van der Waals surface area (Å²) >= 11 is 16.3.